The van der Waals surface area contributed by atoms with Gasteiger partial charge in [-0.1, -0.05) is 32.4 Å². The summed E-state index contributed by atoms with van der Waals surface area (Å²) in [5.41, 5.74) is 2.77. The maximum Gasteiger partial charge on any atom is 0.0374 e. The number of fused-ring (bicyclic) bond motifs is 1. The Bertz CT molecular complexity index is 363. The molecule has 0 saturated heterocycles. The zero-order chi connectivity index (χ0) is 10.6. The van der Waals surface area contributed by atoms with E-state index in [4.69, 9.17) is 0 Å². The molecule has 0 aliphatic carbocycles. The molecule has 0 amide bonds. The van der Waals surface area contributed by atoms with Gasteiger partial charge >= 0.3 is 0 Å². The third-order valence-corrected chi connectivity index (χ3v) is 3.08. The minimum absolute atomic E-state index is 1.25. The number of hydrogen-bond donors (Lipinski definition) is 0. The Labute approximate surface area is 90.6 Å². The quantitative estimate of drug-likeness (QED) is 0.573. The second-order valence-electron chi connectivity index (χ2n) is 3.57. The lowest BCUT2D eigenvalue weighted by atomic mass is 10.1. The van der Waals surface area contributed by atoms with Crippen molar-refractivity contribution in [3.63, 3.8) is 0 Å². The molecule has 1 heteroatoms. The molecule has 2 rings (SSSR count). The predicted octanol–water partition coefficient (Wildman–Crippen LogP) is 4.93. The Balaban J connectivity index is 0.000000293. The molecular formula is C13H18S. The van der Waals surface area contributed by atoms with Crippen molar-refractivity contribution >= 4 is 21.4 Å². The Morgan fingerprint density at radius 1 is 1.00 bits per heavy atom. The molecule has 1 heterocycles. The number of benzene rings is 1. The molecule has 0 unspecified atom stereocenters. The number of aryl methyl sites for hydroxylation is 2. The highest BCUT2D eigenvalue weighted by molar-refractivity contribution is 7.17. The van der Waals surface area contributed by atoms with Crippen molar-refractivity contribution in [3.05, 3.63) is 34.7 Å². The van der Waals surface area contributed by atoms with Crippen molar-refractivity contribution in [1.29, 1.82) is 0 Å². The number of hydrogen-bond acceptors (Lipinski definition) is 1. The van der Waals surface area contributed by atoms with Gasteiger partial charge in [-0.05, 0) is 41.8 Å². The Morgan fingerprint density at radius 3 is 2.14 bits per heavy atom. The van der Waals surface area contributed by atoms with Gasteiger partial charge in [-0.15, -0.1) is 11.3 Å². The standard InChI is InChI=1S/C10H10S.C3H8/c1-7-3-4-8(2)10-9(7)5-6-11-10;1-3-2/h3-6H,1-2H3;3H2,1-2H3. The van der Waals surface area contributed by atoms with E-state index in [9.17, 15) is 0 Å². The smallest absolute Gasteiger partial charge is 0.0374 e. The molecule has 1 aromatic carbocycles. The fraction of sp³-hybridized carbons (Fsp3) is 0.385. The van der Waals surface area contributed by atoms with Gasteiger partial charge in [0.25, 0.3) is 0 Å². The second-order valence-corrected chi connectivity index (χ2v) is 4.49. The van der Waals surface area contributed by atoms with E-state index >= 15 is 0 Å². The topological polar surface area (TPSA) is 0 Å². The van der Waals surface area contributed by atoms with Crippen molar-refractivity contribution in [1.82, 2.24) is 0 Å². The van der Waals surface area contributed by atoms with Crippen molar-refractivity contribution < 1.29 is 0 Å². The molecule has 0 N–H and O–H groups in total. The van der Waals surface area contributed by atoms with E-state index in [0.29, 0.717) is 0 Å². The summed E-state index contributed by atoms with van der Waals surface area (Å²) in [6.45, 7) is 8.58. The molecule has 0 radical (unpaired) electrons. The summed E-state index contributed by atoms with van der Waals surface area (Å²) < 4.78 is 1.44. The van der Waals surface area contributed by atoms with Crippen LogP contribution >= 0.6 is 11.3 Å². The molecule has 0 spiro atoms. The summed E-state index contributed by atoms with van der Waals surface area (Å²) in [4.78, 5) is 0. The van der Waals surface area contributed by atoms with Crippen molar-refractivity contribution in [3.8, 4) is 0 Å². The molecule has 1 aromatic heterocycles. The predicted molar refractivity (Wildman–Crippen MR) is 67.3 cm³/mol. The van der Waals surface area contributed by atoms with Crippen LogP contribution in [0.1, 0.15) is 31.4 Å². The third-order valence-electron chi connectivity index (χ3n) is 2.03. The van der Waals surface area contributed by atoms with Crippen LogP contribution in [-0.2, 0) is 0 Å². The average Bonchev–Trinajstić information content (AvgIpc) is 2.62. The molecule has 0 aliphatic rings. The Morgan fingerprint density at radius 2 is 1.57 bits per heavy atom. The summed E-state index contributed by atoms with van der Waals surface area (Å²) >= 11 is 1.83. The minimum atomic E-state index is 1.25. The lowest BCUT2D eigenvalue weighted by Gasteiger charge is -1.97. The van der Waals surface area contributed by atoms with Crippen LogP contribution in [0.2, 0.25) is 0 Å². The molecular weight excluding hydrogens is 188 g/mol. The van der Waals surface area contributed by atoms with Crippen LogP contribution in [0, 0.1) is 13.8 Å². The fourth-order valence-electron chi connectivity index (χ4n) is 1.34. The van der Waals surface area contributed by atoms with Crippen molar-refractivity contribution in [2.75, 3.05) is 0 Å². The minimum Gasteiger partial charge on any atom is -0.144 e. The van der Waals surface area contributed by atoms with Crippen LogP contribution in [0.25, 0.3) is 10.1 Å². The number of thiophene rings is 1. The normalized spacial score (nSPS) is 9.71. The molecule has 14 heavy (non-hydrogen) atoms. The molecule has 0 atom stereocenters. The fourth-order valence-corrected chi connectivity index (χ4v) is 2.29. The van der Waals surface area contributed by atoms with E-state index in [0.717, 1.165) is 0 Å². The van der Waals surface area contributed by atoms with Gasteiger partial charge in [0.2, 0.25) is 0 Å². The maximum absolute atomic E-state index is 2.20. The van der Waals surface area contributed by atoms with Crippen LogP contribution in [0.4, 0.5) is 0 Å². The molecule has 0 nitrogen and oxygen atoms in total. The summed E-state index contributed by atoms with van der Waals surface area (Å²) in [6.07, 6.45) is 1.25. The van der Waals surface area contributed by atoms with Crippen LogP contribution in [0.3, 0.4) is 0 Å². The van der Waals surface area contributed by atoms with E-state index < -0.39 is 0 Å². The Hall–Kier alpha value is -0.820. The zero-order valence-electron chi connectivity index (χ0n) is 9.42. The van der Waals surface area contributed by atoms with Crippen LogP contribution in [-0.4, -0.2) is 0 Å². The summed E-state index contributed by atoms with van der Waals surface area (Å²) in [5, 5.41) is 3.57. The first kappa shape index (κ1) is 11.3. The lowest BCUT2D eigenvalue weighted by Crippen LogP contribution is -1.75. The van der Waals surface area contributed by atoms with Gasteiger partial charge in [-0.3, -0.25) is 0 Å². The van der Waals surface area contributed by atoms with Crippen LogP contribution < -0.4 is 0 Å². The van der Waals surface area contributed by atoms with E-state index in [-0.39, 0.29) is 0 Å². The van der Waals surface area contributed by atoms with Gasteiger partial charge in [0, 0.05) is 4.70 Å². The van der Waals surface area contributed by atoms with Crippen molar-refractivity contribution in [2.45, 2.75) is 34.1 Å². The highest BCUT2D eigenvalue weighted by Crippen LogP contribution is 2.26. The van der Waals surface area contributed by atoms with Gasteiger partial charge in [0.1, 0.15) is 0 Å². The zero-order valence-corrected chi connectivity index (χ0v) is 10.2. The molecule has 76 valence electrons. The van der Waals surface area contributed by atoms with Gasteiger partial charge in [-0.25, -0.2) is 0 Å². The largest absolute Gasteiger partial charge is 0.144 e. The van der Waals surface area contributed by atoms with Gasteiger partial charge in [-0.2, -0.15) is 0 Å². The highest BCUT2D eigenvalue weighted by atomic mass is 32.1. The molecule has 0 fully saturated rings. The van der Waals surface area contributed by atoms with E-state index in [1.165, 1.54) is 27.6 Å². The molecule has 0 bridgehead atoms. The van der Waals surface area contributed by atoms with Gasteiger partial charge < -0.3 is 0 Å². The summed E-state index contributed by atoms with van der Waals surface area (Å²) in [5.74, 6) is 0. The highest BCUT2D eigenvalue weighted by Gasteiger charge is 1.99. The third kappa shape index (κ3) is 2.36. The molecule has 0 aliphatic heterocycles. The first-order valence-electron chi connectivity index (χ1n) is 5.14. The summed E-state index contributed by atoms with van der Waals surface area (Å²) in [7, 11) is 0. The van der Waals surface area contributed by atoms with Gasteiger partial charge in [0.15, 0.2) is 0 Å². The Kier molecular flexibility index (Phi) is 4.15. The maximum atomic E-state index is 2.20. The monoisotopic (exact) mass is 206 g/mol. The lowest BCUT2D eigenvalue weighted by molar-refractivity contribution is 1.09. The second kappa shape index (κ2) is 5.16. The summed E-state index contributed by atoms with van der Waals surface area (Å²) in [6, 6.07) is 6.57. The SMILES string of the molecule is CCC.Cc1ccc(C)c2sccc12. The first-order chi connectivity index (χ1) is 6.70. The van der Waals surface area contributed by atoms with Gasteiger partial charge in [0.05, 0.1) is 0 Å². The molecule has 2 aromatic rings. The van der Waals surface area contributed by atoms with E-state index in [1.807, 2.05) is 11.3 Å². The van der Waals surface area contributed by atoms with E-state index in [1.54, 1.807) is 0 Å². The van der Waals surface area contributed by atoms with Crippen LogP contribution in [0.15, 0.2) is 23.6 Å². The molecule has 0 saturated carbocycles. The van der Waals surface area contributed by atoms with E-state index in [2.05, 4.69) is 51.3 Å². The average molecular weight is 206 g/mol. The van der Waals surface area contributed by atoms with Crippen LogP contribution in [0.5, 0.6) is 0 Å². The first-order valence-corrected chi connectivity index (χ1v) is 6.02. The number of rotatable bonds is 0. The van der Waals surface area contributed by atoms with Crippen molar-refractivity contribution in [2.24, 2.45) is 0 Å².